The number of imide groups is 1. The maximum Gasteiger partial charge on any atom is 0.263 e. The van der Waals surface area contributed by atoms with Crippen molar-refractivity contribution in [2.45, 2.75) is 254 Å². The van der Waals surface area contributed by atoms with Gasteiger partial charge >= 0.3 is 0 Å². The first-order valence-electron chi connectivity index (χ1n) is 27.9. The molecule has 0 aromatic carbocycles. The van der Waals surface area contributed by atoms with Gasteiger partial charge in [-0.05, 0) is 72.6 Å². The minimum atomic E-state index is -0.296. The molecule has 0 aliphatic carbocycles. The summed E-state index contributed by atoms with van der Waals surface area (Å²) in [6.07, 6.45) is 30.8. The Morgan fingerprint density at radius 1 is 0.435 bits per heavy atom. The summed E-state index contributed by atoms with van der Waals surface area (Å²) in [7, 11) is 0. The lowest BCUT2D eigenvalue weighted by Gasteiger charge is -2.19. The quantitative estimate of drug-likeness (QED) is 0.0373. The molecule has 0 saturated carbocycles. The third-order valence-corrected chi connectivity index (χ3v) is 20.6. The number of unbranched alkanes of at least 4 members (excludes halogenated alkanes) is 20. The Hall–Kier alpha value is -2.59. The Balaban J connectivity index is 1.46. The Labute approximate surface area is 435 Å². The number of fused-ring (bicyclic) bond motifs is 2. The summed E-state index contributed by atoms with van der Waals surface area (Å²) >= 11 is 7.28. The lowest BCUT2D eigenvalue weighted by Crippen LogP contribution is -2.31. The van der Waals surface area contributed by atoms with Crippen LogP contribution in [0.5, 0.6) is 0 Å². The van der Waals surface area contributed by atoms with Crippen LogP contribution in [0.3, 0.4) is 0 Å². The molecule has 6 heterocycles. The van der Waals surface area contributed by atoms with E-state index >= 15 is 4.79 Å². The zero-order chi connectivity index (χ0) is 49.7. The summed E-state index contributed by atoms with van der Waals surface area (Å²) in [6.45, 7) is 24.6. The third kappa shape index (κ3) is 13.9. The second-order valence-electron chi connectivity index (χ2n) is 22.6. The predicted octanol–water partition coefficient (Wildman–Crippen LogP) is 19.6. The lowest BCUT2D eigenvalue weighted by atomic mass is 9.90. The molecule has 2 aliphatic heterocycles. The highest BCUT2D eigenvalue weighted by molar-refractivity contribution is 7.29. The van der Waals surface area contributed by atoms with Gasteiger partial charge < -0.3 is 4.90 Å². The molecule has 69 heavy (non-hydrogen) atoms. The van der Waals surface area contributed by atoms with Crippen LogP contribution in [-0.2, 0) is 30.2 Å². The van der Waals surface area contributed by atoms with Crippen LogP contribution in [-0.4, -0.2) is 40.6 Å². The number of hydrogen-bond donors (Lipinski definition) is 0. The molecule has 4 aromatic rings. The number of rotatable bonds is 31. The second-order valence-corrected chi connectivity index (χ2v) is 26.8. The van der Waals surface area contributed by atoms with Gasteiger partial charge in [-0.15, -0.1) is 45.3 Å². The molecule has 0 bridgehead atoms. The van der Waals surface area contributed by atoms with Crippen LogP contribution in [0.1, 0.15) is 281 Å². The van der Waals surface area contributed by atoms with E-state index in [1.54, 1.807) is 27.6 Å². The van der Waals surface area contributed by atoms with E-state index < -0.39 is 0 Å². The van der Waals surface area contributed by atoms with Crippen molar-refractivity contribution in [3.63, 3.8) is 0 Å². The molecular weight excluding hydrogens is 925 g/mol. The maximum atomic E-state index is 15.1. The van der Waals surface area contributed by atoms with Gasteiger partial charge in [0.05, 0.1) is 31.3 Å². The zero-order valence-electron chi connectivity index (χ0n) is 44.9. The SMILES string of the molecule is CCCCCCCCc1cc(C(C)(C)C)sc1-c1sc(-c2sc(-c3sc(C(C)(C)C)c4c3C(=O)N(CCCCCCCC)C4=O)cc2CCCCCCCC)c2c1CN(CCCCCCCC)C2=O. The molecule has 0 unspecified atom stereocenters. The second kappa shape index (κ2) is 26.4. The molecule has 0 N–H and O–H groups in total. The van der Waals surface area contributed by atoms with Gasteiger partial charge in [0.1, 0.15) is 0 Å². The number of nitrogens with zero attached hydrogens (tertiary/aromatic N) is 2. The van der Waals surface area contributed by atoms with Crippen LogP contribution in [0, 0.1) is 0 Å². The average Bonchev–Trinajstić information content (AvgIpc) is 4.16. The average molecular weight is 1020 g/mol. The molecule has 3 amide bonds. The van der Waals surface area contributed by atoms with E-state index in [0.29, 0.717) is 24.2 Å². The molecule has 5 nitrogen and oxygen atoms in total. The summed E-state index contributed by atoms with van der Waals surface area (Å²) in [5.41, 5.74) is 5.89. The molecule has 0 saturated heterocycles. The van der Waals surface area contributed by atoms with Crippen molar-refractivity contribution < 1.29 is 14.4 Å². The van der Waals surface area contributed by atoms with Crippen molar-refractivity contribution in [2.75, 3.05) is 13.1 Å². The Morgan fingerprint density at radius 3 is 1.45 bits per heavy atom. The summed E-state index contributed by atoms with van der Waals surface area (Å²) in [4.78, 5) is 57.3. The van der Waals surface area contributed by atoms with E-state index in [4.69, 9.17) is 0 Å². The number of amides is 3. The van der Waals surface area contributed by atoms with Crippen molar-refractivity contribution in [1.29, 1.82) is 0 Å². The monoisotopic (exact) mass is 1010 g/mol. The fourth-order valence-electron chi connectivity index (χ4n) is 10.3. The van der Waals surface area contributed by atoms with Gasteiger partial charge in [0.25, 0.3) is 17.7 Å². The molecule has 382 valence electrons. The molecule has 0 radical (unpaired) electrons. The zero-order valence-corrected chi connectivity index (χ0v) is 48.2. The third-order valence-electron chi connectivity index (χ3n) is 14.5. The van der Waals surface area contributed by atoms with Crippen LogP contribution in [0.2, 0.25) is 0 Å². The van der Waals surface area contributed by atoms with E-state index in [1.807, 2.05) is 22.7 Å². The molecule has 4 aromatic heterocycles. The first-order chi connectivity index (χ1) is 33.2. The highest BCUT2D eigenvalue weighted by Gasteiger charge is 2.45. The van der Waals surface area contributed by atoms with Crippen molar-refractivity contribution >= 4 is 63.1 Å². The lowest BCUT2D eigenvalue weighted by molar-refractivity contribution is 0.0649. The number of aryl methyl sites for hydroxylation is 2. The molecule has 0 spiro atoms. The van der Waals surface area contributed by atoms with Crippen LogP contribution in [0.4, 0.5) is 0 Å². The van der Waals surface area contributed by atoms with E-state index in [-0.39, 0.29) is 28.6 Å². The van der Waals surface area contributed by atoms with Crippen LogP contribution >= 0.6 is 45.3 Å². The fraction of sp³-hybridized carbons (Fsp3) is 0.683. The van der Waals surface area contributed by atoms with Crippen molar-refractivity contribution in [1.82, 2.24) is 9.80 Å². The Bertz CT molecular complexity index is 2290. The van der Waals surface area contributed by atoms with Crippen LogP contribution in [0.15, 0.2) is 12.1 Å². The van der Waals surface area contributed by atoms with E-state index in [1.165, 1.54) is 152 Å². The smallest absolute Gasteiger partial charge is 0.263 e. The summed E-state index contributed by atoms with van der Waals surface area (Å²) < 4.78 is 0. The van der Waals surface area contributed by atoms with E-state index in [9.17, 15) is 9.59 Å². The van der Waals surface area contributed by atoms with Gasteiger partial charge in [-0.3, -0.25) is 19.3 Å². The molecular formula is C60H90N2O3S4. The standard InChI is InChI=1S/C60H90N2O3S4/c1-11-15-19-23-27-31-35-42-39-45(53-48-49(55(69-53)60(8,9)10)58(65)62(57(48)64)38-34-30-26-22-18-14-4)66-51(42)54-47-44(41-61(56(47)63)37-33-29-25-21-17-13-3)52(68-54)50-43(36-32-28-24-20-16-12-2)40-46(67-50)59(5,6)7/h39-40H,11-38,41H2,1-10H3. The Morgan fingerprint density at radius 2 is 0.913 bits per heavy atom. The molecule has 9 heteroatoms. The van der Waals surface area contributed by atoms with Gasteiger partial charge in [0, 0.05) is 49.6 Å². The number of carbonyl (C=O) groups excluding carboxylic acids is 3. The minimum Gasteiger partial charge on any atom is -0.334 e. The van der Waals surface area contributed by atoms with Gasteiger partial charge in [-0.25, -0.2) is 0 Å². The largest absolute Gasteiger partial charge is 0.334 e. The van der Waals surface area contributed by atoms with Crippen LogP contribution in [0.25, 0.3) is 29.3 Å². The van der Waals surface area contributed by atoms with Gasteiger partial charge in [0.2, 0.25) is 0 Å². The summed E-state index contributed by atoms with van der Waals surface area (Å²) in [5, 5.41) is 0. The Kier molecular flexibility index (Phi) is 21.3. The van der Waals surface area contributed by atoms with E-state index in [0.717, 1.165) is 83.0 Å². The predicted molar refractivity (Wildman–Crippen MR) is 303 cm³/mol. The van der Waals surface area contributed by atoms with Gasteiger partial charge in [-0.1, -0.05) is 198 Å². The summed E-state index contributed by atoms with van der Waals surface area (Å²) in [5.74, 6) is -0.0401. The molecule has 2 aliphatic rings. The maximum absolute atomic E-state index is 15.1. The first kappa shape index (κ1) is 55.7. The topological polar surface area (TPSA) is 57.7 Å². The molecule has 0 fully saturated rings. The van der Waals surface area contributed by atoms with Gasteiger partial charge in [0.15, 0.2) is 0 Å². The minimum absolute atomic E-state index is 0.0323. The molecule has 6 rings (SSSR count). The van der Waals surface area contributed by atoms with Crippen molar-refractivity contribution in [3.05, 3.63) is 55.3 Å². The highest BCUT2D eigenvalue weighted by atomic mass is 32.1. The van der Waals surface area contributed by atoms with Gasteiger partial charge in [-0.2, -0.15) is 0 Å². The number of carbonyl (C=O) groups is 3. The van der Waals surface area contributed by atoms with E-state index in [2.05, 4.69) is 86.3 Å². The molecule has 0 atom stereocenters. The van der Waals surface area contributed by atoms with Crippen LogP contribution < -0.4 is 0 Å². The van der Waals surface area contributed by atoms with Crippen molar-refractivity contribution in [2.24, 2.45) is 0 Å². The number of hydrogen-bond acceptors (Lipinski definition) is 7. The normalized spacial score (nSPS) is 14.1. The highest BCUT2D eigenvalue weighted by Crippen LogP contribution is 2.55. The first-order valence-corrected chi connectivity index (χ1v) is 31.2. The van der Waals surface area contributed by atoms with Crippen molar-refractivity contribution in [3.8, 4) is 29.3 Å². The fourth-order valence-corrected chi connectivity index (χ4v) is 15.9. The number of thiophene rings is 4. The summed E-state index contributed by atoms with van der Waals surface area (Å²) in [6, 6.07) is 4.87.